The summed E-state index contributed by atoms with van der Waals surface area (Å²) in [7, 11) is -3.55. The van der Waals surface area contributed by atoms with Crippen LogP contribution in [0.5, 0.6) is 5.75 Å². The summed E-state index contributed by atoms with van der Waals surface area (Å²) in [4.78, 5) is 10.7. The topological polar surface area (TPSA) is 92.7 Å². The molecule has 1 atom stereocenters. The van der Waals surface area contributed by atoms with Crippen molar-refractivity contribution in [3.05, 3.63) is 59.7 Å². The van der Waals surface area contributed by atoms with Crippen LogP contribution in [-0.2, 0) is 14.8 Å². The van der Waals surface area contributed by atoms with E-state index in [9.17, 15) is 13.2 Å². The fourth-order valence-electron chi connectivity index (χ4n) is 2.19. The highest BCUT2D eigenvalue weighted by Gasteiger charge is 2.15. The van der Waals surface area contributed by atoms with E-state index in [4.69, 9.17) is 9.84 Å². The van der Waals surface area contributed by atoms with Gasteiger partial charge in [0.05, 0.1) is 4.90 Å². The summed E-state index contributed by atoms with van der Waals surface area (Å²) in [6, 6.07) is 13.6. The number of hydrogen-bond acceptors (Lipinski definition) is 4. The number of hydrogen-bond donors (Lipinski definition) is 2. The minimum absolute atomic E-state index is 0.0475. The molecule has 2 N–H and O–H groups in total. The van der Waals surface area contributed by atoms with Gasteiger partial charge in [0, 0.05) is 6.54 Å². The van der Waals surface area contributed by atoms with Gasteiger partial charge in [0.15, 0.2) is 6.61 Å². The number of carbonyl (C=O) groups is 1. The minimum atomic E-state index is -3.55. The van der Waals surface area contributed by atoms with E-state index in [-0.39, 0.29) is 17.4 Å². The van der Waals surface area contributed by atoms with E-state index in [1.807, 2.05) is 13.8 Å². The first kappa shape index (κ1) is 19.0. The maximum absolute atomic E-state index is 12.3. The van der Waals surface area contributed by atoms with Crippen molar-refractivity contribution in [3.8, 4) is 5.75 Å². The predicted molar refractivity (Wildman–Crippen MR) is 94.4 cm³/mol. The average Bonchev–Trinajstić information content (AvgIpc) is 2.59. The number of carboxylic acid groups (broad SMARTS) is 1. The summed E-state index contributed by atoms with van der Waals surface area (Å²) < 4.78 is 32.3. The van der Waals surface area contributed by atoms with Gasteiger partial charge in [-0.05, 0) is 42.7 Å². The van der Waals surface area contributed by atoms with Crippen LogP contribution in [0.1, 0.15) is 24.0 Å². The van der Waals surface area contributed by atoms with E-state index < -0.39 is 22.6 Å². The van der Waals surface area contributed by atoms with Crippen LogP contribution in [0.25, 0.3) is 0 Å². The molecule has 2 aromatic carbocycles. The van der Waals surface area contributed by atoms with Crippen LogP contribution in [0.4, 0.5) is 0 Å². The number of aryl methyl sites for hydroxylation is 1. The Hall–Kier alpha value is -2.38. The molecule has 0 heterocycles. The van der Waals surface area contributed by atoms with Crippen LogP contribution in [0.3, 0.4) is 0 Å². The highest BCUT2D eigenvalue weighted by Crippen LogP contribution is 2.19. The number of aliphatic carboxylic acids is 1. The quantitative estimate of drug-likeness (QED) is 0.752. The minimum Gasteiger partial charge on any atom is -0.482 e. The predicted octanol–water partition coefficient (Wildman–Crippen LogP) is 2.54. The van der Waals surface area contributed by atoms with Gasteiger partial charge < -0.3 is 9.84 Å². The van der Waals surface area contributed by atoms with Gasteiger partial charge in [-0.15, -0.1) is 0 Å². The molecule has 0 amide bonds. The van der Waals surface area contributed by atoms with Crippen LogP contribution in [-0.4, -0.2) is 32.6 Å². The molecule has 0 fully saturated rings. The number of benzene rings is 2. The number of nitrogens with one attached hydrogen (secondary N) is 1. The molecule has 0 radical (unpaired) electrons. The lowest BCUT2D eigenvalue weighted by Crippen LogP contribution is -2.27. The van der Waals surface area contributed by atoms with Gasteiger partial charge in [-0.1, -0.05) is 36.8 Å². The largest absolute Gasteiger partial charge is 0.482 e. The zero-order chi connectivity index (χ0) is 18.4. The van der Waals surface area contributed by atoms with E-state index in [1.54, 1.807) is 48.5 Å². The molecule has 7 heteroatoms. The second-order valence-corrected chi connectivity index (χ2v) is 7.58. The lowest BCUT2D eigenvalue weighted by molar-refractivity contribution is -0.139. The molecule has 0 bridgehead atoms. The van der Waals surface area contributed by atoms with Gasteiger partial charge in [0.2, 0.25) is 10.0 Å². The summed E-state index contributed by atoms with van der Waals surface area (Å²) in [5.41, 5.74) is 1.92. The first-order valence-corrected chi connectivity index (χ1v) is 9.27. The molecule has 0 saturated carbocycles. The fraction of sp³-hybridized carbons (Fsp3) is 0.278. The Kier molecular flexibility index (Phi) is 6.17. The van der Waals surface area contributed by atoms with Crippen molar-refractivity contribution in [2.75, 3.05) is 13.2 Å². The number of ether oxygens (including phenoxy) is 1. The molecule has 0 aromatic heterocycles. The zero-order valence-electron chi connectivity index (χ0n) is 14.1. The maximum atomic E-state index is 12.3. The zero-order valence-corrected chi connectivity index (χ0v) is 14.9. The molecular formula is C18H21NO5S. The van der Waals surface area contributed by atoms with Crippen LogP contribution < -0.4 is 9.46 Å². The van der Waals surface area contributed by atoms with Crippen molar-refractivity contribution in [1.29, 1.82) is 0 Å². The van der Waals surface area contributed by atoms with Crippen molar-refractivity contribution in [2.24, 2.45) is 0 Å². The first-order chi connectivity index (χ1) is 11.8. The third kappa shape index (κ3) is 5.58. The van der Waals surface area contributed by atoms with Crippen LogP contribution >= 0.6 is 0 Å². The second-order valence-electron chi connectivity index (χ2n) is 5.82. The van der Waals surface area contributed by atoms with Gasteiger partial charge in [0.1, 0.15) is 5.75 Å². The van der Waals surface area contributed by atoms with Gasteiger partial charge in [0.25, 0.3) is 0 Å². The Bertz CT molecular complexity index is 814. The van der Waals surface area contributed by atoms with Crippen molar-refractivity contribution in [1.82, 2.24) is 4.72 Å². The maximum Gasteiger partial charge on any atom is 0.341 e. The Morgan fingerprint density at radius 1 is 1.12 bits per heavy atom. The fourth-order valence-corrected chi connectivity index (χ4v) is 3.32. The molecule has 2 aromatic rings. The van der Waals surface area contributed by atoms with Gasteiger partial charge >= 0.3 is 5.97 Å². The summed E-state index contributed by atoms with van der Waals surface area (Å²) >= 11 is 0. The van der Waals surface area contributed by atoms with Crippen molar-refractivity contribution in [2.45, 2.75) is 24.7 Å². The molecule has 6 nitrogen and oxygen atoms in total. The van der Waals surface area contributed by atoms with Crippen LogP contribution in [0.2, 0.25) is 0 Å². The third-order valence-corrected chi connectivity index (χ3v) is 5.16. The summed E-state index contributed by atoms with van der Waals surface area (Å²) in [6.07, 6.45) is 0. The summed E-state index contributed by atoms with van der Waals surface area (Å²) in [5.74, 6) is -0.629. The highest BCUT2D eigenvalue weighted by atomic mass is 32.2. The molecule has 0 aliphatic heterocycles. The molecule has 0 spiro atoms. The molecular weight excluding hydrogens is 342 g/mol. The average molecular weight is 363 g/mol. The lowest BCUT2D eigenvalue weighted by atomic mass is 10.0. The molecule has 25 heavy (non-hydrogen) atoms. The van der Waals surface area contributed by atoms with Gasteiger partial charge in [-0.2, -0.15) is 0 Å². The van der Waals surface area contributed by atoms with Gasteiger partial charge in [-0.25, -0.2) is 17.9 Å². The van der Waals surface area contributed by atoms with Crippen molar-refractivity contribution >= 4 is 16.0 Å². The summed E-state index contributed by atoms with van der Waals surface area (Å²) in [5, 5.41) is 8.58. The SMILES string of the molecule is Cc1ccc(S(=O)(=O)NCC(C)c2ccc(OCC(=O)O)cc2)cc1. The molecule has 134 valence electrons. The van der Waals surface area contributed by atoms with E-state index in [0.29, 0.717) is 5.75 Å². The molecule has 1 unspecified atom stereocenters. The number of rotatable bonds is 8. The van der Waals surface area contributed by atoms with Crippen molar-refractivity contribution < 1.29 is 23.1 Å². The molecule has 0 saturated heterocycles. The van der Waals surface area contributed by atoms with Crippen LogP contribution in [0.15, 0.2) is 53.4 Å². The van der Waals surface area contributed by atoms with E-state index in [1.165, 1.54) is 0 Å². The second kappa shape index (κ2) is 8.13. The molecule has 2 rings (SSSR count). The third-order valence-electron chi connectivity index (χ3n) is 3.72. The Balaban J connectivity index is 1.96. The number of sulfonamides is 1. The smallest absolute Gasteiger partial charge is 0.341 e. The van der Waals surface area contributed by atoms with Gasteiger partial charge in [-0.3, -0.25) is 0 Å². The molecule has 0 aliphatic rings. The normalized spacial score (nSPS) is 12.6. The summed E-state index contributed by atoms with van der Waals surface area (Å²) in [6.45, 7) is 3.66. The Morgan fingerprint density at radius 3 is 2.28 bits per heavy atom. The molecule has 0 aliphatic carbocycles. The first-order valence-electron chi connectivity index (χ1n) is 7.79. The van der Waals surface area contributed by atoms with E-state index >= 15 is 0 Å². The Labute approximate surface area is 147 Å². The highest BCUT2D eigenvalue weighted by molar-refractivity contribution is 7.89. The van der Waals surface area contributed by atoms with E-state index in [2.05, 4.69) is 4.72 Å². The lowest BCUT2D eigenvalue weighted by Gasteiger charge is -2.14. The standard InChI is InChI=1S/C18H21NO5S/c1-13-3-9-17(10-4-13)25(22,23)19-11-14(2)15-5-7-16(8-6-15)24-12-18(20)21/h3-10,14,19H,11-12H2,1-2H3,(H,20,21). The monoisotopic (exact) mass is 363 g/mol. The van der Waals surface area contributed by atoms with Crippen LogP contribution in [0, 0.1) is 6.92 Å². The Morgan fingerprint density at radius 2 is 1.72 bits per heavy atom. The number of carboxylic acids is 1. The van der Waals surface area contributed by atoms with E-state index in [0.717, 1.165) is 11.1 Å². The van der Waals surface area contributed by atoms with Crippen molar-refractivity contribution in [3.63, 3.8) is 0 Å².